The Hall–Kier alpha value is -2.33. The van der Waals surface area contributed by atoms with Crippen LogP contribution in [0.5, 0.6) is 0 Å². The second kappa shape index (κ2) is 7.05. The van der Waals surface area contributed by atoms with Gasteiger partial charge in [-0.15, -0.1) is 0 Å². The van der Waals surface area contributed by atoms with Crippen molar-refractivity contribution in [3.8, 4) is 0 Å². The van der Waals surface area contributed by atoms with Gasteiger partial charge in [-0.2, -0.15) is 0 Å². The molecule has 1 heterocycles. The molecule has 1 aromatic heterocycles. The molecule has 0 saturated heterocycles. The molecule has 0 fully saturated rings. The van der Waals surface area contributed by atoms with Gasteiger partial charge < -0.3 is 15.6 Å². The number of rotatable bonds is 4. The summed E-state index contributed by atoms with van der Waals surface area (Å²) in [7, 11) is 0. The Bertz CT molecular complexity index is 859. The van der Waals surface area contributed by atoms with Crippen molar-refractivity contribution in [3.63, 3.8) is 0 Å². The van der Waals surface area contributed by atoms with Crippen molar-refractivity contribution in [3.05, 3.63) is 64.8 Å². The minimum absolute atomic E-state index is 0.664. The van der Waals surface area contributed by atoms with Crippen molar-refractivity contribution in [2.75, 3.05) is 11.9 Å². The highest BCUT2D eigenvalue weighted by atomic mass is 32.1. The van der Waals surface area contributed by atoms with E-state index in [-0.39, 0.29) is 0 Å². The fraction of sp³-hybridized carbons (Fsp3) is 0.250. The first-order valence-electron chi connectivity index (χ1n) is 8.22. The average Bonchev–Trinajstić information content (AvgIpc) is 2.82. The lowest BCUT2D eigenvalue weighted by atomic mass is 10.1. The molecule has 24 heavy (non-hydrogen) atoms. The first-order chi connectivity index (χ1) is 11.5. The first kappa shape index (κ1) is 16.5. The predicted octanol–water partition coefficient (Wildman–Crippen LogP) is 4.62. The number of para-hydroxylation sites is 1. The van der Waals surface area contributed by atoms with E-state index in [1.165, 1.54) is 33.3 Å². The van der Waals surface area contributed by atoms with Crippen molar-refractivity contribution >= 4 is 33.9 Å². The molecule has 0 aliphatic rings. The Labute approximate surface area is 148 Å². The van der Waals surface area contributed by atoms with Crippen LogP contribution >= 0.6 is 12.2 Å². The molecular weight excluding hydrogens is 314 g/mol. The zero-order chi connectivity index (χ0) is 17.1. The van der Waals surface area contributed by atoms with Gasteiger partial charge in [0, 0.05) is 28.8 Å². The molecule has 0 amide bonds. The summed E-state index contributed by atoms with van der Waals surface area (Å²) in [6, 6.07) is 14.8. The van der Waals surface area contributed by atoms with Crippen molar-refractivity contribution in [2.24, 2.45) is 0 Å². The van der Waals surface area contributed by atoms with Gasteiger partial charge >= 0.3 is 0 Å². The molecule has 0 saturated carbocycles. The minimum Gasteiger partial charge on any atom is -0.362 e. The van der Waals surface area contributed by atoms with Crippen LogP contribution in [0.25, 0.3) is 10.9 Å². The Balaban J connectivity index is 1.59. The van der Waals surface area contributed by atoms with E-state index in [1.54, 1.807) is 0 Å². The molecular formula is C20H23N3S. The Morgan fingerprint density at radius 1 is 1.04 bits per heavy atom. The Morgan fingerprint density at radius 2 is 1.75 bits per heavy atom. The van der Waals surface area contributed by atoms with Crippen LogP contribution in [0.2, 0.25) is 0 Å². The predicted molar refractivity (Wildman–Crippen MR) is 107 cm³/mol. The van der Waals surface area contributed by atoms with Gasteiger partial charge in [0.05, 0.1) is 0 Å². The maximum atomic E-state index is 5.42. The number of nitrogens with one attached hydrogen (secondary N) is 3. The van der Waals surface area contributed by atoms with E-state index < -0.39 is 0 Å². The molecule has 0 bridgehead atoms. The Morgan fingerprint density at radius 3 is 2.50 bits per heavy atom. The molecule has 0 radical (unpaired) electrons. The molecule has 124 valence electrons. The normalized spacial score (nSPS) is 10.8. The fourth-order valence-electron chi connectivity index (χ4n) is 3.18. The molecule has 0 aliphatic heterocycles. The zero-order valence-electron chi connectivity index (χ0n) is 14.4. The maximum Gasteiger partial charge on any atom is 0.170 e. The van der Waals surface area contributed by atoms with Crippen LogP contribution < -0.4 is 10.6 Å². The standard InChI is InChI=1S/C20H23N3S/c1-13-10-14(2)12-16(11-13)23-20(24)21-9-8-17-15(3)22-19-7-5-4-6-18(17)19/h4-7,10-12,22H,8-9H2,1-3H3,(H2,21,23,24). The van der Waals surface area contributed by atoms with Gasteiger partial charge in [-0.3, -0.25) is 0 Å². The van der Waals surface area contributed by atoms with E-state index in [2.05, 4.69) is 78.9 Å². The van der Waals surface area contributed by atoms with E-state index in [0.29, 0.717) is 5.11 Å². The molecule has 3 rings (SSSR count). The quantitative estimate of drug-likeness (QED) is 0.608. The van der Waals surface area contributed by atoms with Crippen LogP contribution in [0.3, 0.4) is 0 Å². The summed E-state index contributed by atoms with van der Waals surface area (Å²) in [5.41, 5.74) is 7.28. The molecule has 4 heteroatoms. The summed E-state index contributed by atoms with van der Waals surface area (Å²) in [5, 5.41) is 8.54. The summed E-state index contributed by atoms with van der Waals surface area (Å²) >= 11 is 5.42. The number of hydrogen-bond donors (Lipinski definition) is 3. The number of fused-ring (bicyclic) bond motifs is 1. The van der Waals surface area contributed by atoms with Crippen molar-refractivity contribution in [1.29, 1.82) is 0 Å². The second-order valence-corrected chi connectivity index (χ2v) is 6.69. The molecule has 0 unspecified atom stereocenters. The molecule has 0 spiro atoms. The third-order valence-corrected chi connectivity index (χ3v) is 4.41. The average molecular weight is 337 g/mol. The van der Waals surface area contributed by atoms with Gasteiger partial charge in [0.1, 0.15) is 0 Å². The van der Waals surface area contributed by atoms with E-state index in [4.69, 9.17) is 12.2 Å². The summed E-state index contributed by atoms with van der Waals surface area (Å²) in [6.07, 6.45) is 0.935. The minimum atomic E-state index is 0.664. The smallest absolute Gasteiger partial charge is 0.170 e. The summed E-state index contributed by atoms with van der Waals surface area (Å²) < 4.78 is 0. The molecule has 3 aromatic rings. The van der Waals surface area contributed by atoms with Crippen LogP contribution in [0.4, 0.5) is 5.69 Å². The van der Waals surface area contributed by atoms with E-state index in [1.807, 2.05) is 0 Å². The lowest BCUT2D eigenvalue weighted by Crippen LogP contribution is -2.30. The topological polar surface area (TPSA) is 39.8 Å². The van der Waals surface area contributed by atoms with Gasteiger partial charge in [-0.05, 0) is 74.3 Å². The van der Waals surface area contributed by atoms with Crippen LogP contribution in [0.1, 0.15) is 22.4 Å². The van der Waals surface area contributed by atoms with Crippen molar-refractivity contribution < 1.29 is 0 Å². The maximum absolute atomic E-state index is 5.42. The van der Waals surface area contributed by atoms with Gasteiger partial charge in [0.2, 0.25) is 0 Å². The number of hydrogen-bond acceptors (Lipinski definition) is 1. The number of anilines is 1. The number of aryl methyl sites for hydroxylation is 3. The summed E-state index contributed by atoms with van der Waals surface area (Å²) in [6.45, 7) is 7.11. The summed E-state index contributed by atoms with van der Waals surface area (Å²) in [4.78, 5) is 3.44. The lowest BCUT2D eigenvalue weighted by Gasteiger charge is -2.12. The first-order valence-corrected chi connectivity index (χ1v) is 8.63. The van der Waals surface area contributed by atoms with Gasteiger partial charge in [0.25, 0.3) is 0 Å². The third-order valence-electron chi connectivity index (χ3n) is 4.17. The highest BCUT2D eigenvalue weighted by molar-refractivity contribution is 7.80. The van der Waals surface area contributed by atoms with Crippen LogP contribution in [0, 0.1) is 20.8 Å². The second-order valence-electron chi connectivity index (χ2n) is 6.28. The lowest BCUT2D eigenvalue weighted by molar-refractivity contribution is 0.871. The van der Waals surface area contributed by atoms with Gasteiger partial charge in [-0.25, -0.2) is 0 Å². The molecule has 0 aliphatic carbocycles. The molecule has 3 N–H and O–H groups in total. The van der Waals surface area contributed by atoms with Crippen molar-refractivity contribution in [1.82, 2.24) is 10.3 Å². The number of aromatic nitrogens is 1. The summed E-state index contributed by atoms with van der Waals surface area (Å²) in [5.74, 6) is 0. The van der Waals surface area contributed by atoms with Crippen LogP contribution in [-0.2, 0) is 6.42 Å². The largest absolute Gasteiger partial charge is 0.362 e. The number of benzene rings is 2. The number of thiocarbonyl (C=S) groups is 1. The molecule has 0 atom stereocenters. The monoisotopic (exact) mass is 337 g/mol. The third kappa shape index (κ3) is 3.77. The van der Waals surface area contributed by atoms with Crippen molar-refractivity contribution in [2.45, 2.75) is 27.2 Å². The number of aromatic amines is 1. The van der Waals surface area contributed by atoms with Gasteiger partial charge in [0.15, 0.2) is 5.11 Å². The Kier molecular flexibility index (Phi) is 4.86. The van der Waals surface area contributed by atoms with Crippen LogP contribution in [-0.4, -0.2) is 16.6 Å². The van der Waals surface area contributed by atoms with E-state index in [9.17, 15) is 0 Å². The number of H-pyrrole nitrogens is 1. The van der Waals surface area contributed by atoms with Gasteiger partial charge in [-0.1, -0.05) is 24.3 Å². The van der Waals surface area contributed by atoms with E-state index in [0.717, 1.165) is 18.7 Å². The zero-order valence-corrected chi connectivity index (χ0v) is 15.2. The highest BCUT2D eigenvalue weighted by Gasteiger charge is 2.07. The highest BCUT2D eigenvalue weighted by Crippen LogP contribution is 2.22. The van der Waals surface area contributed by atoms with E-state index >= 15 is 0 Å². The SMILES string of the molecule is Cc1cc(C)cc(NC(=S)NCCc2c(C)[nH]c3ccccc23)c1. The fourth-order valence-corrected chi connectivity index (χ4v) is 3.40. The molecule has 2 aromatic carbocycles. The van der Waals surface area contributed by atoms with Crippen LogP contribution in [0.15, 0.2) is 42.5 Å². The molecule has 3 nitrogen and oxygen atoms in total.